The zero-order valence-electron chi connectivity index (χ0n) is 8.16. The van der Waals surface area contributed by atoms with E-state index in [4.69, 9.17) is 9.47 Å². The highest BCUT2D eigenvalue weighted by Crippen LogP contribution is 2.30. The molecule has 3 nitrogen and oxygen atoms in total. The molecular weight excluding hydrogens is 168 g/mol. The first-order chi connectivity index (χ1) is 6.12. The monoisotopic (exact) mass is 182 g/mol. The van der Waals surface area contributed by atoms with Crippen LogP contribution in [0.2, 0.25) is 0 Å². The van der Waals surface area contributed by atoms with E-state index in [1.54, 1.807) is 13.2 Å². The van der Waals surface area contributed by atoms with Crippen molar-refractivity contribution >= 4 is 5.97 Å². The molecule has 1 atom stereocenters. The van der Waals surface area contributed by atoms with Crippen LogP contribution < -0.4 is 0 Å². The van der Waals surface area contributed by atoms with E-state index in [-0.39, 0.29) is 5.97 Å². The molecule has 0 heterocycles. The van der Waals surface area contributed by atoms with E-state index in [9.17, 15) is 4.79 Å². The smallest absolute Gasteiger partial charge is 0.315 e. The van der Waals surface area contributed by atoms with E-state index >= 15 is 0 Å². The van der Waals surface area contributed by atoms with Crippen LogP contribution >= 0.6 is 0 Å². The summed E-state index contributed by atoms with van der Waals surface area (Å²) in [5.74, 6) is 0.580. The summed E-state index contributed by atoms with van der Waals surface area (Å²) in [4.78, 5) is 11.3. The number of esters is 1. The fourth-order valence-corrected chi connectivity index (χ4v) is 1.25. The molecule has 0 spiro atoms. The Labute approximate surface area is 78.0 Å². The minimum absolute atomic E-state index is 0.213. The Morgan fingerprint density at radius 3 is 2.62 bits per heavy atom. The molecule has 0 aromatic carbocycles. The number of hydrogen-bond donors (Lipinski definition) is 0. The number of carbonyl (C=O) groups excluding carboxylic acids is 1. The summed E-state index contributed by atoms with van der Waals surface area (Å²) in [6.45, 7) is 1.85. The van der Waals surface area contributed by atoms with Crippen molar-refractivity contribution in [1.29, 1.82) is 0 Å². The molecule has 1 unspecified atom stereocenters. The molecule has 0 aromatic heterocycles. The topological polar surface area (TPSA) is 35.5 Å². The van der Waals surface area contributed by atoms with Gasteiger partial charge in [-0.1, -0.05) is 6.08 Å². The number of carbonyl (C=O) groups is 1. The Bertz CT molecular complexity index is 265. The SMILES string of the molecule is COC(=O)C1(C)C=CC(OC)=CC1. The van der Waals surface area contributed by atoms with Crippen LogP contribution in [0.1, 0.15) is 13.3 Å². The van der Waals surface area contributed by atoms with Gasteiger partial charge in [-0.25, -0.2) is 0 Å². The zero-order chi connectivity index (χ0) is 9.90. The van der Waals surface area contributed by atoms with E-state index in [1.807, 2.05) is 19.1 Å². The summed E-state index contributed by atoms with van der Waals surface area (Å²) in [6.07, 6.45) is 6.12. The third kappa shape index (κ3) is 1.91. The second kappa shape index (κ2) is 3.64. The van der Waals surface area contributed by atoms with Crippen LogP contribution in [0.25, 0.3) is 0 Å². The van der Waals surface area contributed by atoms with Crippen molar-refractivity contribution in [1.82, 2.24) is 0 Å². The molecule has 1 aliphatic carbocycles. The summed E-state index contributed by atoms with van der Waals surface area (Å²) in [5.41, 5.74) is -0.531. The largest absolute Gasteiger partial charge is 0.497 e. The molecule has 0 fully saturated rings. The first kappa shape index (κ1) is 9.84. The average molecular weight is 182 g/mol. The van der Waals surface area contributed by atoms with Crippen LogP contribution in [-0.2, 0) is 14.3 Å². The summed E-state index contributed by atoms with van der Waals surface area (Å²) in [7, 11) is 3.01. The number of ether oxygens (including phenoxy) is 2. The molecule has 1 rings (SSSR count). The van der Waals surface area contributed by atoms with Crippen LogP contribution in [0.15, 0.2) is 24.0 Å². The molecule has 72 valence electrons. The molecule has 13 heavy (non-hydrogen) atoms. The second-order valence-corrected chi connectivity index (χ2v) is 3.26. The van der Waals surface area contributed by atoms with E-state index in [0.717, 1.165) is 5.76 Å². The normalized spacial score (nSPS) is 26.5. The molecule has 0 aromatic rings. The molecule has 1 aliphatic rings. The summed E-state index contributed by atoms with van der Waals surface area (Å²) < 4.78 is 9.72. The lowest BCUT2D eigenvalue weighted by Gasteiger charge is -2.24. The highest BCUT2D eigenvalue weighted by Gasteiger charge is 2.32. The molecule has 0 saturated carbocycles. The van der Waals surface area contributed by atoms with Gasteiger partial charge in [-0.3, -0.25) is 4.79 Å². The van der Waals surface area contributed by atoms with E-state index in [0.29, 0.717) is 6.42 Å². The van der Waals surface area contributed by atoms with Crippen LogP contribution in [0.5, 0.6) is 0 Å². The number of methoxy groups -OCH3 is 2. The maximum absolute atomic E-state index is 11.3. The fraction of sp³-hybridized carbons (Fsp3) is 0.500. The maximum Gasteiger partial charge on any atom is 0.315 e. The predicted molar refractivity (Wildman–Crippen MR) is 49.0 cm³/mol. The van der Waals surface area contributed by atoms with Crippen molar-refractivity contribution in [3.05, 3.63) is 24.0 Å². The van der Waals surface area contributed by atoms with Crippen molar-refractivity contribution < 1.29 is 14.3 Å². The van der Waals surface area contributed by atoms with E-state index in [1.165, 1.54) is 7.11 Å². The summed E-state index contributed by atoms with van der Waals surface area (Å²) in [6, 6.07) is 0. The molecule has 3 heteroatoms. The lowest BCUT2D eigenvalue weighted by Crippen LogP contribution is -2.27. The van der Waals surface area contributed by atoms with Crippen molar-refractivity contribution in [2.75, 3.05) is 14.2 Å². The molecule has 0 saturated heterocycles. The van der Waals surface area contributed by atoms with Gasteiger partial charge >= 0.3 is 5.97 Å². The number of hydrogen-bond acceptors (Lipinski definition) is 3. The van der Waals surface area contributed by atoms with Crippen molar-refractivity contribution in [2.45, 2.75) is 13.3 Å². The molecule has 0 N–H and O–H groups in total. The molecule has 0 amide bonds. The first-order valence-electron chi connectivity index (χ1n) is 4.14. The van der Waals surface area contributed by atoms with Gasteiger partial charge in [-0.2, -0.15) is 0 Å². The third-order valence-electron chi connectivity index (χ3n) is 2.23. The van der Waals surface area contributed by atoms with Gasteiger partial charge in [0.05, 0.1) is 19.6 Å². The Kier molecular flexibility index (Phi) is 2.76. The lowest BCUT2D eigenvalue weighted by molar-refractivity contribution is -0.148. The molecule has 0 aliphatic heterocycles. The zero-order valence-corrected chi connectivity index (χ0v) is 8.16. The Balaban J connectivity index is 2.74. The van der Waals surface area contributed by atoms with E-state index < -0.39 is 5.41 Å². The quantitative estimate of drug-likeness (QED) is 0.609. The Morgan fingerprint density at radius 2 is 2.23 bits per heavy atom. The van der Waals surface area contributed by atoms with Crippen molar-refractivity contribution in [3.8, 4) is 0 Å². The molecule has 0 bridgehead atoms. The third-order valence-corrected chi connectivity index (χ3v) is 2.23. The lowest BCUT2D eigenvalue weighted by atomic mass is 9.83. The van der Waals surface area contributed by atoms with Crippen molar-refractivity contribution in [2.24, 2.45) is 5.41 Å². The number of rotatable bonds is 2. The van der Waals surface area contributed by atoms with Gasteiger partial charge in [0.2, 0.25) is 0 Å². The van der Waals surface area contributed by atoms with Gasteiger partial charge in [0.15, 0.2) is 0 Å². The predicted octanol–water partition coefficient (Wildman–Crippen LogP) is 1.66. The van der Waals surface area contributed by atoms with Gasteiger partial charge < -0.3 is 9.47 Å². The Morgan fingerprint density at radius 1 is 1.54 bits per heavy atom. The molecular formula is C10H14O3. The fourth-order valence-electron chi connectivity index (χ4n) is 1.25. The van der Waals surface area contributed by atoms with Gasteiger partial charge in [-0.05, 0) is 25.5 Å². The first-order valence-corrected chi connectivity index (χ1v) is 4.14. The van der Waals surface area contributed by atoms with Crippen LogP contribution in [0.4, 0.5) is 0 Å². The summed E-state index contributed by atoms with van der Waals surface area (Å²) >= 11 is 0. The second-order valence-electron chi connectivity index (χ2n) is 3.26. The average Bonchev–Trinajstić information content (AvgIpc) is 2.18. The standard InChI is InChI=1S/C10H14O3/c1-10(9(11)13-3)6-4-8(12-2)5-7-10/h4-6H,7H2,1-3H3. The highest BCUT2D eigenvalue weighted by molar-refractivity contribution is 5.79. The van der Waals surface area contributed by atoms with Gasteiger partial charge in [0, 0.05) is 0 Å². The highest BCUT2D eigenvalue weighted by atomic mass is 16.5. The van der Waals surface area contributed by atoms with E-state index in [2.05, 4.69) is 0 Å². The molecule has 0 radical (unpaired) electrons. The van der Waals surface area contributed by atoms with Crippen LogP contribution in [0.3, 0.4) is 0 Å². The van der Waals surface area contributed by atoms with Crippen LogP contribution in [-0.4, -0.2) is 20.2 Å². The van der Waals surface area contributed by atoms with Gasteiger partial charge in [0.1, 0.15) is 5.76 Å². The minimum Gasteiger partial charge on any atom is -0.497 e. The minimum atomic E-state index is -0.531. The Hall–Kier alpha value is -1.25. The van der Waals surface area contributed by atoms with Crippen LogP contribution in [0, 0.1) is 5.41 Å². The number of allylic oxidation sites excluding steroid dienone is 2. The summed E-state index contributed by atoms with van der Waals surface area (Å²) in [5, 5.41) is 0. The van der Waals surface area contributed by atoms with Crippen molar-refractivity contribution in [3.63, 3.8) is 0 Å². The van der Waals surface area contributed by atoms with Gasteiger partial charge in [0.25, 0.3) is 0 Å². The van der Waals surface area contributed by atoms with Gasteiger partial charge in [-0.15, -0.1) is 0 Å². The maximum atomic E-state index is 11.3.